The van der Waals surface area contributed by atoms with E-state index in [0.717, 1.165) is 24.9 Å². The average molecular weight is 340 g/mol. The number of benzene rings is 1. The largest absolute Gasteiger partial charge is 0.432 e. The summed E-state index contributed by atoms with van der Waals surface area (Å²) >= 11 is 0. The number of oxazole rings is 1. The van der Waals surface area contributed by atoms with E-state index in [1.54, 1.807) is 12.1 Å². The predicted molar refractivity (Wildman–Crippen MR) is 92.0 cm³/mol. The smallest absolute Gasteiger partial charge is 0.307 e. The third kappa shape index (κ3) is 3.28. The van der Waals surface area contributed by atoms with Crippen LogP contribution >= 0.6 is 0 Å². The highest BCUT2D eigenvalue weighted by atomic mass is 16.4. The summed E-state index contributed by atoms with van der Waals surface area (Å²) in [4.78, 5) is 27.7. The van der Waals surface area contributed by atoms with Crippen molar-refractivity contribution in [3.63, 3.8) is 0 Å². The normalized spacial score (nSPS) is 24.3. The first kappa shape index (κ1) is 15.8. The molecule has 4 rings (SSSR count). The van der Waals surface area contributed by atoms with Gasteiger partial charge in [-0.05, 0) is 37.4 Å². The Morgan fingerprint density at radius 1 is 1.32 bits per heavy atom. The third-order valence-corrected chi connectivity index (χ3v) is 4.81. The number of carbonyl (C=O) groups is 2. The van der Waals surface area contributed by atoms with Crippen LogP contribution < -0.4 is 16.0 Å². The molecule has 2 aliphatic rings. The Kier molecular flexibility index (Phi) is 4.01. The van der Waals surface area contributed by atoms with E-state index in [1.807, 2.05) is 12.1 Å². The molecule has 7 heteroatoms. The molecule has 2 amide bonds. The second kappa shape index (κ2) is 6.33. The van der Waals surface area contributed by atoms with Gasteiger partial charge in [-0.25, -0.2) is 4.98 Å². The zero-order valence-electron chi connectivity index (χ0n) is 13.9. The topological polar surface area (TPSA) is 96.3 Å². The highest BCUT2D eigenvalue weighted by molar-refractivity contribution is 5.91. The summed E-state index contributed by atoms with van der Waals surface area (Å²) < 4.78 is 5.63. The van der Waals surface area contributed by atoms with Crippen LogP contribution in [0.3, 0.4) is 0 Å². The highest BCUT2D eigenvalue weighted by Crippen LogP contribution is 2.31. The molecule has 0 radical (unpaired) electrons. The molecule has 1 aliphatic carbocycles. The van der Waals surface area contributed by atoms with Gasteiger partial charge in [0.1, 0.15) is 0 Å². The number of hydrogen-bond acceptors (Lipinski definition) is 5. The maximum Gasteiger partial charge on any atom is 0.307 e. The van der Waals surface area contributed by atoms with Crippen LogP contribution in [-0.4, -0.2) is 35.4 Å². The Labute approximate surface area is 145 Å². The van der Waals surface area contributed by atoms with Gasteiger partial charge in [-0.1, -0.05) is 12.1 Å². The summed E-state index contributed by atoms with van der Waals surface area (Å²) in [5.74, 6) is 0.774. The standard InChI is InChI=1S/C18H20N4O3/c1-10(23)21-13-4-2-3-12(7-13)16-9-20-18(25-16)17(24)22-15-6-11-5-14(15)19-8-11/h2-4,7,9,11,14-15,19H,5-6,8H2,1H3,(H,21,23)(H,22,24). The second-order valence-corrected chi connectivity index (χ2v) is 6.72. The number of fused-ring (bicyclic) bond motifs is 2. The van der Waals surface area contributed by atoms with Crippen LogP contribution in [0, 0.1) is 5.92 Å². The van der Waals surface area contributed by atoms with Crippen molar-refractivity contribution in [2.24, 2.45) is 5.92 Å². The fourth-order valence-electron chi connectivity index (χ4n) is 3.71. The first-order valence-corrected chi connectivity index (χ1v) is 8.46. The van der Waals surface area contributed by atoms with Gasteiger partial charge in [0.2, 0.25) is 5.91 Å². The van der Waals surface area contributed by atoms with Crippen LogP contribution in [0.25, 0.3) is 11.3 Å². The Balaban J connectivity index is 1.46. The Hall–Kier alpha value is -2.67. The van der Waals surface area contributed by atoms with Gasteiger partial charge in [-0.15, -0.1) is 0 Å². The van der Waals surface area contributed by atoms with Crippen LogP contribution in [0.15, 0.2) is 34.9 Å². The van der Waals surface area contributed by atoms with Crippen LogP contribution in [0.1, 0.15) is 30.5 Å². The Morgan fingerprint density at radius 2 is 2.20 bits per heavy atom. The van der Waals surface area contributed by atoms with E-state index in [4.69, 9.17) is 4.42 Å². The molecule has 2 fully saturated rings. The first-order chi connectivity index (χ1) is 12.1. The van der Waals surface area contributed by atoms with Crippen LogP contribution in [0.5, 0.6) is 0 Å². The molecule has 1 aromatic carbocycles. The van der Waals surface area contributed by atoms with E-state index in [1.165, 1.54) is 13.1 Å². The minimum Gasteiger partial charge on any atom is -0.432 e. The summed E-state index contributed by atoms with van der Waals surface area (Å²) in [6.45, 7) is 2.50. The number of nitrogens with one attached hydrogen (secondary N) is 3. The molecule has 2 heterocycles. The third-order valence-electron chi connectivity index (χ3n) is 4.81. The molecule has 2 aromatic rings. The fourth-order valence-corrected chi connectivity index (χ4v) is 3.71. The number of nitrogens with zero attached hydrogens (tertiary/aromatic N) is 1. The molecule has 3 atom stereocenters. The average Bonchev–Trinajstić information content (AvgIpc) is 3.31. The lowest BCUT2D eigenvalue weighted by Gasteiger charge is -2.23. The van der Waals surface area contributed by atoms with Gasteiger partial charge in [0.05, 0.1) is 6.20 Å². The number of aromatic nitrogens is 1. The zero-order valence-corrected chi connectivity index (χ0v) is 13.9. The zero-order chi connectivity index (χ0) is 17.4. The van der Waals surface area contributed by atoms with Gasteiger partial charge in [0.15, 0.2) is 5.76 Å². The number of amides is 2. The molecule has 25 heavy (non-hydrogen) atoms. The molecule has 2 bridgehead atoms. The lowest BCUT2D eigenvalue weighted by atomic mass is 10.1. The van der Waals surface area contributed by atoms with Crippen molar-refractivity contribution >= 4 is 17.5 Å². The highest BCUT2D eigenvalue weighted by Gasteiger charge is 2.40. The van der Waals surface area contributed by atoms with E-state index < -0.39 is 0 Å². The van der Waals surface area contributed by atoms with Gasteiger partial charge >= 0.3 is 5.91 Å². The lowest BCUT2D eigenvalue weighted by molar-refractivity contribution is -0.114. The van der Waals surface area contributed by atoms with Crippen molar-refractivity contribution in [3.8, 4) is 11.3 Å². The van der Waals surface area contributed by atoms with Crippen molar-refractivity contribution in [1.82, 2.24) is 15.6 Å². The van der Waals surface area contributed by atoms with E-state index in [2.05, 4.69) is 20.9 Å². The summed E-state index contributed by atoms with van der Waals surface area (Å²) in [5.41, 5.74) is 1.42. The van der Waals surface area contributed by atoms with Crippen molar-refractivity contribution < 1.29 is 14.0 Å². The number of piperidine rings is 1. The molecular formula is C18H20N4O3. The van der Waals surface area contributed by atoms with Gasteiger partial charge in [-0.2, -0.15) is 0 Å². The van der Waals surface area contributed by atoms with Crippen LogP contribution in [-0.2, 0) is 4.79 Å². The Bertz CT molecular complexity index is 816. The first-order valence-electron chi connectivity index (χ1n) is 8.46. The summed E-state index contributed by atoms with van der Waals surface area (Å²) in [6, 6.07) is 7.72. The SMILES string of the molecule is CC(=O)Nc1cccc(-c2cnc(C(=O)NC3CC4CNC3C4)o2)c1. The van der Waals surface area contributed by atoms with E-state index in [0.29, 0.717) is 23.4 Å². The van der Waals surface area contributed by atoms with Gasteiger partial charge in [0.25, 0.3) is 5.89 Å². The summed E-state index contributed by atoms with van der Waals surface area (Å²) in [5, 5.41) is 9.15. The maximum absolute atomic E-state index is 12.4. The van der Waals surface area contributed by atoms with Crippen LogP contribution in [0.2, 0.25) is 0 Å². The molecule has 7 nitrogen and oxygen atoms in total. The molecule has 3 N–H and O–H groups in total. The van der Waals surface area contributed by atoms with E-state index >= 15 is 0 Å². The molecule has 1 saturated heterocycles. The molecule has 3 unspecified atom stereocenters. The van der Waals surface area contributed by atoms with Crippen molar-refractivity contribution in [2.75, 3.05) is 11.9 Å². The monoisotopic (exact) mass is 340 g/mol. The quantitative estimate of drug-likeness (QED) is 0.788. The molecule has 1 aliphatic heterocycles. The second-order valence-electron chi connectivity index (χ2n) is 6.72. The fraction of sp³-hybridized carbons (Fsp3) is 0.389. The van der Waals surface area contributed by atoms with Gasteiger partial charge in [0, 0.05) is 30.3 Å². The predicted octanol–water partition coefficient (Wildman–Crippen LogP) is 1.78. The molecule has 130 valence electrons. The minimum atomic E-state index is -0.288. The molecule has 0 spiro atoms. The molecule has 1 saturated carbocycles. The maximum atomic E-state index is 12.4. The number of anilines is 1. The Morgan fingerprint density at radius 3 is 2.92 bits per heavy atom. The summed E-state index contributed by atoms with van der Waals surface area (Å²) in [7, 11) is 0. The van der Waals surface area contributed by atoms with Crippen molar-refractivity contribution in [2.45, 2.75) is 31.8 Å². The number of carbonyl (C=O) groups excluding carboxylic acids is 2. The summed E-state index contributed by atoms with van der Waals surface area (Å²) in [6.07, 6.45) is 3.66. The lowest BCUT2D eigenvalue weighted by Crippen LogP contribution is -2.48. The van der Waals surface area contributed by atoms with Crippen molar-refractivity contribution in [1.29, 1.82) is 0 Å². The van der Waals surface area contributed by atoms with E-state index in [9.17, 15) is 9.59 Å². The van der Waals surface area contributed by atoms with Gasteiger partial charge < -0.3 is 20.4 Å². The number of hydrogen-bond donors (Lipinski definition) is 3. The number of rotatable bonds is 4. The molecular weight excluding hydrogens is 320 g/mol. The van der Waals surface area contributed by atoms with Crippen molar-refractivity contribution in [3.05, 3.63) is 36.4 Å². The molecule has 1 aromatic heterocycles. The van der Waals surface area contributed by atoms with Crippen LogP contribution in [0.4, 0.5) is 5.69 Å². The van der Waals surface area contributed by atoms with E-state index in [-0.39, 0.29) is 23.7 Å². The minimum absolute atomic E-state index is 0.0581. The van der Waals surface area contributed by atoms with Gasteiger partial charge in [-0.3, -0.25) is 9.59 Å².